The Labute approximate surface area is 175 Å². The first-order valence-electron chi connectivity index (χ1n) is 9.70. The van der Waals surface area contributed by atoms with Crippen LogP contribution in [-0.2, 0) is 10.4 Å². The molecule has 0 bridgehead atoms. The summed E-state index contributed by atoms with van der Waals surface area (Å²) in [5.74, 6) is 0.996. The van der Waals surface area contributed by atoms with E-state index in [-0.39, 0.29) is 6.04 Å². The van der Waals surface area contributed by atoms with Crippen molar-refractivity contribution in [1.29, 1.82) is 0 Å². The maximum absolute atomic E-state index is 10.1. The van der Waals surface area contributed by atoms with Gasteiger partial charge in [-0.2, -0.15) is 0 Å². The van der Waals surface area contributed by atoms with Gasteiger partial charge in [-0.3, -0.25) is 9.83 Å². The Balaban J connectivity index is 1.62. The van der Waals surface area contributed by atoms with E-state index in [1.54, 1.807) is 27.3 Å². The summed E-state index contributed by atoms with van der Waals surface area (Å²) in [6.45, 7) is 5.85. The van der Waals surface area contributed by atoms with E-state index < -0.39 is 5.60 Å². The van der Waals surface area contributed by atoms with Crippen molar-refractivity contribution in [3.8, 4) is 11.6 Å². The first-order valence-corrected chi connectivity index (χ1v) is 9.70. The predicted molar refractivity (Wildman–Crippen MR) is 113 cm³/mol. The molecule has 30 heavy (non-hydrogen) atoms. The van der Waals surface area contributed by atoms with Gasteiger partial charge in [0.2, 0.25) is 5.88 Å². The summed E-state index contributed by atoms with van der Waals surface area (Å²) < 4.78 is 7.36. The standard InChI is InChI=1S/C22H25N5O3/c1-14-11-27(13-23-14)19-10-9-17(25-21(19)29-4)20-24-18(12-30-26-20)15-5-7-16(8-6-15)22(2,3)28/h5-11,13,18,28H,12H2,1-4H3,(H,24,26). The second-order valence-electron chi connectivity index (χ2n) is 7.73. The Morgan fingerprint density at radius 3 is 2.60 bits per heavy atom. The first-order chi connectivity index (χ1) is 14.3. The number of aliphatic hydroxyl groups is 1. The molecule has 8 nitrogen and oxygen atoms in total. The number of nitrogens with one attached hydrogen (secondary N) is 1. The van der Waals surface area contributed by atoms with Crippen molar-refractivity contribution >= 4 is 5.84 Å². The topological polar surface area (TPSA) is 93.8 Å². The lowest BCUT2D eigenvalue weighted by Gasteiger charge is -2.23. The number of hydroxylamine groups is 1. The molecule has 0 saturated heterocycles. The van der Waals surface area contributed by atoms with Gasteiger partial charge in [0, 0.05) is 6.20 Å². The monoisotopic (exact) mass is 407 g/mol. The number of pyridine rings is 1. The predicted octanol–water partition coefficient (Wildman–Crippen LogP) is 2.83. The zero-order valence-corrected chi connectivity index (χ0v) is 17.5. The third kappa shape index (κ3) is 4.05. The molecule has 2 aromatic heterocycles. The summed E-state index contributed by atoms with van der Waals surface area (Å²) in [7, 11) is 1.58. The van der Waals surface area contributed by atoms with Crippen LogP contribution in [0.5, 0.6) is 5.88 Å². The summed E-state index contributed by atoms with van der Waals surface area (Å²) >= 11 is 0. The van der Waals surface area contributed by atoms with Crippen LogP contribution in [0.15, 0.2) is 53.9 Å². The smallest absolute Gasteiger partial charge is 0.238 e. The molecule has 2 N–H and O–H groups in total. The highest BCUT2D eigenvalue weighted by Gasteiger charge is 2.22. The molecule has 1 aromatic carbocycles. The minimum atomic E-state index is -0.881. The fourth-order valence-electron chi connectivity index (χ4n) is 3.28. The Morgan fingerprint density at radius 1 is 1.20 bits per heavy atom. The normalized spacial score (nSPS) is 16.7. The second-order valence-corrected chi connectivity index (χ2v) is 7.73. The highest BCUT2D eigenvalue weighted by molar-refractivity contribution is 5.97. The third-order valence-electron chi connectivity index (χ3n) is 4.96. The number of hydrogen-bond acceptors (Lipinski definition) is 7. The van der Waals surface area contributed by atoms with Gasteiger partial charge in [0.25, 0.3) is 0 Å². The van der Waals surface area contributed by atoms with Crippen molar-refractivity contribution in [2.75, 3.05) is 13.7 Å². The van der Waals surface area contributed by atoms with E-state index in [1.807, 2.05) is 54.1 Å². The van der Waals surface area contributed by atoms with Gasteiger partial charge in [-0.15, -0.1) is 0 Å². The van der Waals surface area contributed by atoms with Gasteiger partial charge in [-0.05, 0) is 44.0 Å². The largest absolute Gasteiger partial charge is 0.479 e. The molecule has 3 heterocycles. The van der Waals surface area contributed by atoms with Crippen molar-refractivity contribution in [3.05, 3.63) is 71.4 Å². The lowest BCUT2D eigenvalue weighted by molar-refractivity contribution is 0.0619. The number of hydrogen-bond donors (Lipinski definition) is 2. The molecule has 1 atom stereocenters. The van der Waals surface area contributed by atoms with Crippen LogP contribution in [0.4, 0.5) is 0 Å². The van der Waals surface area contributed by atoms with Crippen LogP contribution in [-0.4, -0.2) is 39.2 Å². The van der Waals surface area contributed by atoms with E-state index in [2.05, 4.69) is 15.4 Å². The Bertz CT molecular complexity index is 1070. The van der Waals surface area contributed by atoms with E-state index >= 15 is 0 Å². The Kier molecular flexibility index (Phi) is 5.27. The molecule has 1 unspecified atom stereocenters. The fourth-order valence-corrected chi connectivity index (χ4v) is 3.28. The summed E-state index contributed by atoms with van der Waals surface area (Å²) in [5.41, 5.74) is 6.14. The molecule has 8 heteroatoms. The molecule has 0 radical (unpaired) electrons. The first kappa shape index (κ1) is 20.1. The van der Waals surface area contributed by atoms with Gasteiger partial charge in [-0.25, -0.2) is 15.4 Å². The highest BCUT2D eigenvalue weighted by atomic mass is 16.6. The maximum Gasteiger partial charge on any atom is 0.238 e. The van der Waals surface area contributed by atoms with Crippen LogP contribution in [0.2, 0.25) is 0 Å². The average molecular weight is 407 g/mol. The van der Waals surface area contributed by atoms with Gasteiger partial charge in [-0.1, -0.05) is 24.3 Å². The van der Waals surface area contributed by atoms with Crippen molar-refractivity contribution in [3.63, 3.8) is 0 Å². The number of nitrogens with zero attached hydrogens (tertiary/aromatic N) is 4. The molecule has 0 saturated carbocycles. The average Bonchev–Trinajstić information content (AvgIpc) is 3.19. The lowest BCUT2D eigenvalue weighted by atomic mass is 9.96. The van der Waals surface area contributed by atoms with Crippen LogP contribution >= 0.6 is 0 Å². The lowest BCUT2D eigenvalue weighted by Crippen LogP contribution is -2.33. The third-order valence-corrected chi connectivity index (χ3v) is 4.96. The van der Waals surface area contributed by atoms with Crippen molar-refractivity contribution < 1.29 is 14.7 Å². The van der Waals surface area contributed by atoms with Gasteiger partial charge < -0.3 is 14.4 Å². The van der Waals surface area contributed by atoms with Crippen molar-refractivity contribution in [2.45, 2.75) is 32.4 Å². The highest BCUT2D eigenvalue weighted by Crippen LogP contribution is 2.26. The summed E-state index contributed by atoms with van der Waals surface area (Å²) in [6, 6.07) is 11.3. The minimum absolute atomic E-state index is 0.180. The van der Waals surface area contributed by atoms with Gasteiger partial charge in [0.05, 0.1) is 24.7 Å². The molecule has 0 aliphatic carbocycles. The zero-order valence-electron chi connectivity index (χ0n) is 17.5. The molecule has 1 aliphatic heterocycles. The number of amidine groups is 1. The molecule has 0 amide bonds. The van der Waals surface area contributed by atoms with Gasteiger partial charge in [0.15, 0.2) is 5.84 Å². The molecule has 156 valence electrons. The summed E-state index contributed by atoms with van der Waals surface area (Å²) in [4.78, 5) is 19.2. The number of benzene rings is 1. The molecule has 1 aliphatic rings. The maximum atomic E-state index is 10.1. The van der Waals surface area contributed by atoms with Gasteiger partial charge in [0.1, 0.15) is 24.0 Å². The fraction of sp³-hybridized carbons (Fsp3) is 0.318. The summed E-state index contributed by atoms with van der Waals surface area (Å²) in [5, 5.41) is 10.1. The Morgan fingerprint density at radius 2 is 1.97 bits per heavy atom. The number of aryl methyl sites for hydroxylation is 1. The van der Waals surface area contributed by atoms with Gasteiger partial charge >= 0.3 is 0 Å². The van der Waals surface area contributed by atoms with Crippen LogP contribution < -0.4 is 10.2 Å². The molecule has 3 aromatic rings. The second kappa shape index (κ2) is 7.89. The van der Waals surface area contributed by atoms with Crippen LogP contribution in [0.3, 0.4) is 0 Å². The van der Waals surface area contributed by atoms with Crippen molar-refractivity contribution in [2.24, 2.45) is 4.99 Å². The van der Waals surface area contributed by atoms with E-state index in [9.17, 15) is 5.11 Å². The molecule has 0 spiro atoms. The number of ether oxygens (including phenoxy) is 1. The Hall–Kier alpha value is -3.23. The number of rotatable bonds is 5. The number of aromatic nitrogens is 3. The van der Waals surface area contributed by atoms with E-state index in [4.69, 9.17) is 14.6 Å². The zero-order chi connectivity index (χ0) is 21.3. The molecular formula is C22H25N5O3. The SMILES string of the molecule is COc1nc(C2=NC(c3ccc(C(C)(C)O)cc3)CON2)ccc1-n1cnc(C)c1. The summed E-state index contributed by atoms with van der Waals surface area (Å²) in [6.07, 6.45) is 3.63. The molecular weight excluding hydrogens is 382 g/mol. The van der Waals surface area contributed by atoms with E-state index in [0.717, 1.165) is 22.5 Å². The molecule has 4 rings (SSSR count). The number of imidazole rings is 1. The van der Waals surface area contributed by atoms with Crippen LogP contribution in [0.1, 0.15) is 42.4 Å². The number of aliphatic imine (C=N–C) groups is 1. The quantitative estimate of drug-likeness (QED) is 0.676. The van der Waals surface area contributed by atoms with E-state index in [1.165, 1.54) is 0 Å². The van der Waals surface area contributed by atoms with Crippen LogP contribution in [0, 0.1) is 6.92 Å². The van der Waals surface area contributed by atoms with Crippen LogP contribution in [0.25, 0.3) is 5.69 Å². The minimum Gasteiger partial charge on any atom is -0.479 e. The van der Waals surface area contributed by atoms with Crippen molar-refractivity contribution in [1.82, 2.24) is 20.0 Å². The van der Waals surface area contributed by atoms with E-state index in [0.29, 0.717) is 24.0 Å². The molecule has 0 fully saturated rings. The number of methoxy groups -OCH3 is 1.